The van der Waals surface area contributed by atoms with Gasteiger partial charge in [0.1, 0.15) is 5.78 Å². The molecule has 0 fully saturated rings. The average Bonchev–Trinajstić information content (AvgIpc) is 2.40. The second-order valence-electron chi connectivity index (χ2n) is 4.36. The summed E-state index contributed by atoms with van der Waals surface area (Å²) in [5.74, 6) is 0.112. The molecule has 0 aliphatic heterocycles. The molecule has 1 aromatic rings. The number of anilines is 1. The molecule has 110 valence electrons. The molecule has 6 heteroatoms. The van der Waals surface area contributed by atoms with Crippen LogP contribution < -0.4 is 16.4 Å². The van der Waals surface area contributed by atoms with Crippen LogP contribution in [0, 0.1) is 0 Å². The van der Waals surface area contributed by atoms with Gasteiger partial charge in [0.05, 0.1) is 13.2 Å². The number of urea groups is 1. The van der Waals surface area contributed by atoms with Crippen molar-refractivity contribution in [3.8, 4) is 0 Å². The van der Waals surface area contributed by atoms with Crippen LogP contribution in [0.25, 0.3) is 0 Å². The normalized spacial score (nSPS) is 10.1. The van der Waals surface area contributed by atoms with Crippen molar-refractivity contribution >= 4 is 17.5 Å². The Hall–Kier alpha value is -1.92. The van der Waals surface area contributed by atoms with Crippen molar-refractivity contribution in [3.05, 3.63) is 29.8 Å². The maximum absolute atomic E-state index is 11.6. The van der Waals surface area contributed by atoms with Crippen molar-refractivity contribution < 1.29 is 14.3 Å². The van der Waals surface area contributed by atoms with E-state index in [1.165, 1.54) is 0 Å². The molecule has 6 nitrogen and oxygen atoms in total. The zero-order chi connectivity index (χ0) is 14.8. The molecule has 0 saturated carbocycles. The van der Waals surface area contributed by atoms with Gasteiger partial charge >= 0.3 is 6.03 Å². The van der Waals surface area contributed by atoms with Gasteiger partial charge in [0.15, 0.2) is 0 Å². The fourth-order valence-corrected chi connectivity index (χ4v) is 1.59. The second kappa shape index (κ2) is 9.06. The summed E-state index contributed by atoms with van der Waals surface area (Å²) in [5.41, 5.74) is 6.88. The molecule has 0 aromatic heterocycles. The zero-order valence-electron chi connectivity index (χ0n) is 11.6. The molecular weight excluding hydrogens is 258 g/mol. The van der Waals surface area contributed by atoms with E-state index in [0.29, 0.717) is 38.4 Å². The smallest absolute Gasteiger partial charge is 0.319 e. The molecule has 0 saturated heterocycles. The molecule has 0 unspecified atom stereocenters. The third kappa shape index (κ3) is 6.86. The number of hydrogen-bond donors (Lipinski definition) is 3. The molecule has 0 radical (unpaired) electrons. The van der Waals surface area contributed by atoms with Crippen molar-refractivity contribution in [2.45, 2.75) is 13.3 Å². The average molecular weight is 279 g/mol. The van der Waals surface area contributed by atoms with Crippen LogP contribution in [-0.4, -0.2) is 38.1 Å². The Morgan fingerprint density at radius 1 is 1.20 bits per heavy atom. The van der Waals surface area contributed by atoms with Crippen LogP contribution in [0.5, 0.6) is 0 Å². The predicted octanol–water partition coefficient (Wildman–Crippen LogP) is 0.915. The number of benzene rings is 1. The molecule has 0 aliphatic carbocycles. The van der Waals surface area contributed by atoms with E-state index in [0.717, 1.165) is 5.56 Å². The molecule has 2 amide bonds. The van der Waals surface area contributed by atoms with Crippen LogP contribution in [-0.2, 0) is 16.0 Å². The number of Topliss-reactive ketones (excluding diaryl/α,β-unsaturated/α-hetero) is 1. The van der Waals surface area contributed by atoms with Crippen LogP contribution in [0.15, 0.2) is 24.3 Å². The van der Waals surface area contributed by atoms with E-state index in [4.69, 9.17) is 10.5 Å². The maximum Gasteiger partial charge on any atom is 0.319 e. The molecule has 0 spiro atoms. The van der Waals surface area contributed by atoms with Gasteiger partial charge in [-0.2, -0.15) is 0 Å². The summed E-state index contributed by atoms with van der Waals surface area (Å²) in [4.78, 5) is 22.5. The van der Waals surface area contributed by atoms with E-state index in [2.05, 4.69) is 10.6 Å². The maximum atomic E-state index is 11.6. The van der Waals surface area contributed by atoms with E-state index < -0.39 is 0 Å². The number of rotatable bonds is 8. The van der Waals surface area contributed by atoms with Gasteiger partial charge in [-0.1, -0.05) is 12.1 Å². The van der Waals surface area contributed by atoms with E-state index >= 15 is 0 Å². The van der Waals surface area contributed by atoms with Crippen molar-refractivity contribution in [3.63, 3.8) is 0 Å². The molecule has 1 rings (SSSR count). The first-order valence-corrected chi connectivity index (χ1v) is 6.53. The number of ketones is 1. The Labute approximate surface area is 118 Å². The number of amides is 2. The summed E-state index contributed by atoms with van der Waals surface area (Å²) < 4.78 is 5.14. The number of nitrogens with one attached hydrogen (secondary N) is 2. The van der Waals surface area contributed by atoms with Crippen molar-refractivity contribution in [2.75, 3.05) is 31.6 Å². The molecular formula is C14H21N3O3. The van der Waals surface area contributed by atoms with E-state index in [1.54, 1.807) is 19.1 Å². The largest absolute Gasteiger partial charge is 0.378 e. The van der Waals surface area contributed by atoms with Gasteiger partial charge in [-0.3, -0.25) is 4.79 Å². The minimum Gasteiger partial charge on any atom is -0.378 e. The molecule has 20 heavy (non-hydrogen) atoms. The molecule has 0 atom stereocenters. The zero-order valence-corrected chi connectivity index (χ0v) is 11.6. The number of ether oxygens (including phenoxy) is 1. The monoisotopic (exact) mass is 279 g/mol. The highest BCUT2D eigenvalue weighted by Gasteiger charge is 2.02. The number of carbonyl (C=O) groups is 2. The van der Waals surface area contributed by atoms with Gasteiger partial charge in [-0.25, -0.2) is 4.79 Å². The van der Waals surface area contributed by atoms with Gasteiger partial charge in [0.25, 0.3) is 0 Å². The van der Waals surface area contributed by atoms with E-state index in [-0.39, 0.29) is 11.8 Å². The SMILES string of the molecule is CC(=O)Cc1ccc(NC(=O)NCCOCCN)cc1. The number of hydrogen-bond acceptors (Lipinski definition) is 4. The van der Waals surface area contributed by atoms with Crippen LogP contribution in [0.4, 0.5) is 10.5 Å². The van der Waals surface area contributed by atoms with Crippen LogP contribution in [0.1, 0.15) is 12.5 Å². The Morgan fingerprint density at radius 3 is 2.50 bits per heavy atom. The fraction of sp³-hybridized carbons (Fsp3) is 0.429. The summed E-state index contributed by atoms with van der Waals surface area (Å²) in [5, 5.41) is 5.37. The summed E-state index contributed by atoms with van der Waals surface area (Å²) in [6.45, 7) is 3.36. The summed E-state index contributed by atoms with van der Waals surface area (Å²) >= 11 is 0. The van der Waals surface area contributed by atoms with E-state index in [1.807, 2.05) is 12.1 Å². The Kier molecular flexibility index (Phi) is 7.31. The molecule has 4 N–H and O–H groups in total. The first kappa shape index (κ1) is 16.1. The minimum absolute atomic E-state index is 0.112. The first-order valence-electron chi connectivity index (χ1n) is 6.53. The lowest BCUT2D eigenvalue weighted by molar-refractivity contribution is -0.116. The van der Waals surface area contributed by atoms with Gasteiger partial charge in [-0.05, 0) is 24.6 Å². The quantitative estimate of drug-likeness (QED) is 0.617. The minimum atomic E-state index is -0.291. The van der Waals surface area contributed by atoms with E-state index in [9.17, 15) is 9.59 Å². The fourth-order valence-electron chi connectivity index (χ4n) is 1.59. The lowest BCUT2D eigenvalue weighted by Crippen LogP contribution is -2.31. The Morgan fingerprint density at radius 2 is 1.90 bits per heavy atom. The van der Waals surface area contributed by atoms with Crippen LogP contribution in [0.3, 0.4) is 0 Å². The topological polar surface area (TPSA) is 93.5 Å². The third-order valence-corrected chi connectivity index (χ3v) is 2.46. The van der Waals surface area contributed by atoms with Crippen molar-refractivity contribution in [1.29, 1.82) is 0 Å². The summed E-state index contributed by atoms with van der Waals surface area (Å²) in [7, 11) is 0. The summed E-state index contributed by atoms with van der Waals surface area (Å²) in [6, 6.07) is 6.88. The van der Waals surface area contributed by atoms with Gasteiger partial charge in [0.2, 0.25) is 0 Å². The first-order chi connectivity index (χ1) is 9.61. The van der Waals surface area contributed by atoms with Crippen molar-refractivity contribution in [1.82, 2.24) is 5.32 Å². The standard InChI is InChI=1S/C14H21N3O3/c1-11(18)10-12-2-4-13(5-3-12)17-14(19)16-7-9-20-8-6-15/h2-5H,6-10,15H2,1H3,(H2,16,17,19). The third-order valence-electron chi connectivity index (χ3n) is 2.46. The number of nitrogens with two attached hydrogens (primary N) is 1. The summed E-state index contributed by atoms with van der Waals surface area (Å²) in [6.07, 6.45) is 0.408. The number of carbonyl (C=O) groups excluding carboxylic acids is 2. The lowest BCUT2D eigenvalue weighted by Gasteiger charge is -2.08. The van der Waals surface area contributed by atoms with Gasteiger partial charge in [-0.15, -0.1) is 0 Å². The molecule has 0 heterocycles. The highest BCUT2D eigenvalue weighted by Crippen LogP contribution is 2.10. The lowest BCUT2D eigenvalue weighted by atomic mass is 10.1. The predicted molar refractivity (Wildman–Crippen MR) is 77.7 cm³/mol. The molecule has 1 aromatic carbocycles. The highest BCUT2D eigenvalue weighted by molar-refractivity contribution is 5.89. The van der Waals surface area contributed by atoms with Gasteiger partial charge < -0.3 is 21.1 Å². The molecule has 0 aliphatic rings. The second-order valence-corrected chi connectivity index (χ2v) is 4.36. The Balaban J connectivity index is 2.29. The van der Waals surface area contributed by atoms with Gasteiger partial charge in [0, 0.05) is 25.2 Å². The van der Waals surface area contributed by atoms with Crippen LogP contribution in [0.2, 0.25) is 0 Å². The Bertz CT molecular complexity index is 432. The van der Waals surface area contributed by atoms with Crippen molar-refractivity contribution in [2.24, 2.45) is 5.73 Å². The highest BCUT2D eigenvalue weighted by atomic mass is 16.5. The molecule has 0 bridgehead atoms. The van der Waals surface area contributed by atoms with Crippen LogP contribution >= 0.6 is 0 Å².